The van der Waals surface area contributed by atoms with E-state index >= 15 is 0 Å². The van der Waals surface area contributed by atoms with E-state index in [0.29, 0.717) is 11.8 Å². The van der Waals surface area contributed by atoms with Gasteiger partial charge in [0.05, 0.1) is 0 Å². The van der Waals surface area contributed by atoms with Crippen molar-refractivity contribution >= 4 is 11.9 Å². The van der Waals surface area contributed by atoms with E-state index < -0.39 is 17.9 Å². The molecule has 0 radical (unpaired) electrons. The van der Waals surface area contributed by atoms with Crippen molar-refractivity contribution < 1.29 is 19.4 Å². The minimum absolute atomic E-state index is 0.172. The minimum atomic E-state index is -1.02. The van der Waals surface area contributed by atoms with E-state index in [4.69, 9.17) is 4.74 Å². The number of esters is 1. The van der Waals surface area contributed by atoms with Gasteiger partial charge < -0.3 is 9.84 Å². The lowest BCUT2D eigenvalue weighted by atomic mass is 9.47. The molecule has 9 atom stereocenters. The summed E-state index contributed by atoms with van der Waals surface area (Å²) in [5.74, 6) is 2.35. The third-order valence-electron chi connectivity index (χ3n) is 13.7. The molecule has 0 aromatic carbocycles. The van der Waals surface area contributed by atoms with Gasteiger partial charge in [0.2, 0.25) is 0 Å². The van der Waals surface area contributed by atoms with E-state index in [1.807, 2.05) is 0 Å². The molecule has 3 fully saturated rings. The Morgan fingerprint density at radius 1 is 0.844 bits per heavy atom. The predicted molar refractivity (Wildman–Crippen MR) is 186 cm³/mol. The predicted octanol–water partition coefficient (Wildman–Crippen LogP) is 11.6. The number of fused-ring (bicyclic) bond motifs is 5. The summed E-state index contributed by atoms with van der Waals surface area (Å²) in [7, 11) is 0. The molecule has 1 N–H and O–H groups in total. The molecule has 258 valence electrons. The van der Waals surface area contributed by atoms with Gasteiger partial charge >= 0.3 is 11.9 Å². The van der Waals surface area contributed by atoms with Crippen molar-refractivity contribution in [2.24, 2.45) is 52.3 Å². The topological polar surface area (TPSA) is 63.6 Å². The number of hydrogen-bond acceptors (Lipinski definition) is 3. The largest absolute Gasteiger partial charge is 0.481 e. The number of carbonyl (C=O) groups excluding carboxylic acids is 1. The third kappa shape index (κ3) is 8.78. The Morgan fingerprint density at radius 3 is 2.20 bits per heavy atom. The summed E-state index contributed by atoms with van der Waals surface area (Å²) in [6, 6.07) is 0. The van der Waals surface area contributed by atoms with Crippen molar-refractivity contribution in [1.29, 1.82) is 0 Å². The van der Waals surface area contributed by atoms with Crippen molar-refractivity contribution in [3.8, 4) is 0 Å². The number of carboxylic acids is 1. The maximum Gasteiger partial charge on any atom is 0.320 e. The van der Waals surface area contributed by atoms with Gasteiger partial charge in [0.15, 0.2) is 5.92 Å². The van der Waals surface area contributed by atoms with Crippen LogP contribution in [0.1, 0.15) is 176 Å². The second kappa shape index (κ2) is 16.7. The summed E-state index contributed by atoms with van der Waals surface area (Å²) in [5, 5.41) is 9.85. The van der Waals surface area contributed by atoms with Gasteiger partial charge in [-0.05, 0) is 97.7 Å². The molecule has 4 aliphatic carbocycles. The molecule has 0 heterocycles. The van der Waals surface area contributed by atoms with E-state index in [9.17, 15) is 14.7 Å². The molecule has 0 amide bonds. The number of ether oxygens (including phenoxy) is 1. The molecule has 0 saturated heterocycles. The molecule has 0 aromatic rings. The van der Waals surface area contributed by atoms with Crippen LogP contribution in [0, 0.1) is 52.3 Å². The minimum Gasteiger partial charge on any atom is -0.481 e. The van der Waals surface area contributed by atoms with Crippen LogP contribution in [0.25, 0.3) is 0 Å². The highest BCUT2D eigenvalue weighted by Crippen LogP contribution is 2.67. The highest BCUT2D eigenvalue weighted by molar-refractivity contribution is 5.93. The van der Waals surface area contributed by atoms with Gasteiger partial charge in [-0.15, -0.1) is 0 Å². The normalized spacial score (nSPS) is 33.9. The summed E-state index contributed by atoms with van der Waals surface area (Å²) in [4.78, 5) is 25.1. The zero-order valence-electron chi connectivity index (χ0n) is 30.2. The van der Waals surface area contributed by atoms with Gasteiger partial charge in [-0.3, -0.25) is 9.59 Å². The van der Waals surface area contributed by atoms with Gasteiger partial charge in [-0.1, -0.05) is 130 Å². The number of rotatable bonds is 18. The maximum absolute atomic E-state index is 13.1. The molecule has 2 unspecified atom stereocenters. The summed E-state index contributed by atoms with van der Waals surface area (Å²) >= 11 is 0. The molecule has 4 heteroatoms. The van der Waals surface area contributed by atoms with Crippen LogP contribution in [-0.2, 0) is 14.3 Å². The Bertz CT molecular complexity index is 984. The first-order valence-corrected chi connectivity index (χ1v) is 19.6. The van der Waals surface area contributed by atoms with Gasteiger partial charge in [-0.25, -0.2) is 0 Å². The number of allylic oxidation sites excluding steroid dienone is 1. The molecule has 45 heavy (non-hydrogen) atoms. The first kappa shape index (κ1) is 36.5. The summed E-state index contributed by atoms with van der Waals surface area (Å²) in [5.41, 5.74) is 2.20. The SMILES string of the molecule is CCCCCCCCCCCC(C(=O)O)C(=O)OC1CC[C@@]2(C)C(=CC[C@H]3[C@@H]4CC[C@H]([C@H](C)CCCC(C)C)[C@@]4(C)CC[C@@H]32)C1. The Labute approximate surface area is 277 Å². The summed E-state index contributed by atoms with van der Waals surface area (Å²) < 4.78 is 5.99. The lowest BCUT2D eigenvalue weighted by Gasteiger charge is -2.58. The van der Waals surface area contributed by atoms with Gasteiger partial charge in [0, 0.05) is 6.42 Å². The Balaban J connectivity index is 1.28. The Hall–Kier alpha value is -1.32. The first-order valence-electron chi connectivity index (χ1n) is 19.6. The molecule has 4 rings (SSSR count). The average molecular weight is 627 g/mol. The first-order chi connectivity index (χ1) is 21.5. The molecule has 0 bridgehead atoms. The van der Waals surface area contributed by atoms with E-state index in [0.717, 1.165) is 74.0 Å². The number of carboxylic acid groups (broad SMARTS) is 1. The Morgan fingerprint density at radius 2 is 1.53 bits per heavy atom. The lowest BCUT2D eigenvalue weighted by molar-refractivity contribution is -0.164. The quantitative estimate of drug-likeness (QED) is 0.0711. The standard InChI is InChI=1S/C41H70O4/c1-7-8-9-10-11-12-13-14-15-19-34(38(42)43)39(44)45-32-24-26-40(5)31(28-32)20-21-33-36-23-22-35(30(4)18-16-17-29(2)3)41(36,6)27-25-37(33)40/h20,29-30,32-37H,7-19,21-28H2,1-6H3,(H,42,43)/t30-,32?,33+,34?,35-,36+,37+,40+,41-/m1/s1. The highest BCUT2D eigenvalue weighted by atomic mass is 16.5. The molecular weight excluding hydrogens is 556 g/mol. The van der Waals surface area contributed by atoms with Crippen molar-refractivity contribution in [1.82, 2.24) is 0 Å². The number of aliphatic carboxylic acids is 1. The van der Waals surface area contributed by atoms with Crippen molar-refractivity contribution in [3.05, 3.63) is 11.6 Å². The van der Waals surface area contributed by atoms with Gasteiger partial charge in [0.1, 0.15) is 6.10 Å². The van der Waals surface area contributed by atoms with Crippen LogP contribution >= 0.6 is 0 Å². The smallest absolute Gasteiger partial charge is 0.320 e. The Kier molecular flexibility index (Phi) is 13.5. The second-order valence-electron chi connectivity index (χ2n) is 17.1. The molecule has 4 aliphatic rings. The highest BCUT2D eigenvalue weighted by Gasteiger charge is 2.59. The van der Waals surface area contributed by atoms with Crippen LogP contribution in [0.15, 0.2) is 11.6 Å². The molecule has 0 spiro atoms. The maximum atomic E-state index is 13.1. The van der Waals surface area contributed by atoms with E-state index in [-0.39, 0.29) is 11.5 Å². The lowest BCUT2D eigenvalue weighted by Crippen LogP contribution is -2.51. The van der Waals surface area contributed by atoms with Crippen molar-refractivity contribution in [3.63, 3.8) is 0 Å². The van der Waals surface area contributed by atoms with Crippen LogP contribution in [0.5, 0.6) is 0 Å². The fourth-order valence-corrected chi connectivity index (χ4v) is 11.0. The molecule has 3 saturated carbocycles. The number of carbonyl (C=O) groups is 2. The fourth-order valence-electron chi connectivity index (χ4n) is 11.0. The van der Waals surface area contributed by atoms with Gasteiger partial charge in [0.25, 0.3) is 0 Å². The zero-order valence-corrected chi connectivity index (χ0v) is 30.2. The molecular formula is C41H70O4. The van der Waals surface area contributed by atoms with E-state index in [1.54, 1.807) is 0 Å². The fraction of sp³-hybridized carbons (Fsp3) is 0.902. The molecule has 4 nitrogen and oxygen atoms in total. The van der Waals surface area contributed by atoms with Crippen molar-refractivity contribution in [2.75, 3.05) is 0 Å². The summed E-state index contributed by atoms with van der Waals surface area (Å²) in [6.07, 6.45) is 27.0. The van der Waals surface area contributed by atoms with Crippen LogP contribution in [-0.4, -0.2) is 23.1 Å². The van der Waals surface area contributed by atoms with Crippen LogP contribution < -0.4 is 0 Å². The third-order valence-corrected chi connectivity index (χ3v) is 13.7. The number of hydrogen-bond donors (Lipinski definition) is 1. The second-order valence-corrected chi connectivity index (χ2v) is 17.1. The molecule has 0 aromatic heterocycles. The molecule has 0 aliphatic heterocycles. The van der Waals surface area contributed by atoms with Crippen LogP contribution in [0.4, 0.5) is 0 Å². The average Bonchev–Trinajstić information content (AvgIpc) is 3.35. The zero-order chi connectivity index (χ0) is 32.6. The van der Waals surface area contributed by atoms with E-state index in [1.165, 1.54) is 95.5 Å². The number of unbranched alkanes of at least 4 members (excludes halogenated alkanes) is 8. The monoisotopic (exact) mass is 627 g/mol. The van der Waals surface area contributed by atoms with Crippen LogP contribution in [0.2, 0.25) is 0 Å². The van der Waals surface area contributed by atoms with Crippen molar-refractivity contribution in [2.45, 2.75) is 182 Å². The van der Waals surface area contributed by atoms with E-state index in [2.05, 4.69) is 47.6 Å². The van der Waals surface area contributed by atoms with Gasteiger partial charge in [-0.2, -0.15) is 0 Å². The van der Waals surface area contributed by atoms with Crippen LogP contribution in [0.3, 0.4) is 0 Å². The summed E-state index contributed by atoms with van der Waals surface area (Å²) in [6.45, 7) is 14.7.